The molecule has 0 unspecified atom stereocenters. The average Bonchev–Trinajstić information content (AvgIpc) is 2.70. The molecule has 0 atom stereocenters. The van der Waals surface area contributed by atoms with Gasteiger partial charge in [0.2, 0.25) is 17.6 Å². The van der Waals surface area contributed by atoms with Crippen LogP contribution in [-0.4, -0.2) is 46.7 Å². The highest BCUT2D eigenvalue weighted by Gasteiger charge is 2.23. The minimum atomic E-state index is -0.279. The maximum atomic E-state index is 12.7. The summed E-state index contributed by atoms with van der Waals surface area (Å²) in [5, 5.41) is 0. The summed E-state index contributed by atoms with van der Waals surface area (Å²) in [4.78, 5) is 27.8. The molecule has 0 aliphatic carbocycles. The maximum Gasteiger partial charge on any atom is 0.246 e. The van der Waals surface area contributed by atoms with Crippen molar-refractivity contribution in [2.24, 2.45) is 0 Å². The number of para-hydroxylation sites is 1. The molecular formula is C20H24N2O5. The van der Waals surface area contributed by atoms with E-state index in [-0.39, 0.29) is 18.4 Å². The Morgan fingerprint density at radius 2 is 1.44 bits per heavy atom. The van der Waals surface area contributed by atoms with E-state index >= 15 is 0 Å². The summed E-state index contributed by atoms with van der Waals surface area (Å²) in [6, 6.07) is 12.5. The highest BCUT2D eigenvalue weighted by atomic mass is 16.5. The molecule has 144 valence electrons. The van der Waals surface area contributed by atoms with E-state index in [1.165, 1.54) is 38.1 Å². The molecule has 2 rings (SSSR count). The second kappa shape index (κ2) is 8.93. The minimum absolute atomic E-state index is 0.126. The normalized spacial score (nSPS) is 10.1. The van der Waals surface area contributed by atoms with Gasteiger partial charge in [-0.15, -0.1) is 0 Å². The van der Waals surface area contributed by atoms with Crippen LogP contribution in [0.5, 0.6) is 17.2 Å². The number of methoxy groups -OCH3 is 3. The van der Waals surface area contributed by atoms with Crippen LogP contribution in [-0.2, 0) is 9.59 Å². The topological polar surface area (TPSA) is 68.3 Å². The van der Waals surface area contributed by atoms with E-state index in [0.717, 1.165) is 5.69 Å². The highest BCUT2D eigenvalue weighted by molar-refractivity contribution is 6.03. The van der Waals surface area contributed by atoms with Gasteiger partial charge in [0.1, 0.15) is 6.54 Å². The number of ether oxygens (including phenoxy) is 3. The van der Waals surface area contributed by atoms with Crippen molar-refractivity contribution in [1.29, 1.82) is 0 Å². The second-order valence-corrected chi connectivity index (χ2v) is 5.78. The molecule has 0 aromatic heterocycles. The molecule has 0 aliphatic heterocycles. The number of amides is 2. The van der Waals surface area contributed by atoms with Gasteiger partial charge < -0.3 is 24.0 Å². The number of nitrogens with zero attached hydrogens (tertiary/aromatic N) is 2. The monoisotopic (exact) mass is 372 g/mol. The van der Waals surface area contributed by atoms with Crippen molar-refractivity contribution >= 4 is 23.2 Å². The van der Waals surface area contributed by atoms with Crippen LogP contribution in [0.2, 0.25) is 0 Å². The Bertz CT molecular complexity index is 782. The van der Waals surface area contributed by atoms with E-state index in [4.69, 9.17) is 14.2 Å². The van der Waals surface area contributed by atoms with Gasteiger partial charge in [0, 0.05) is 31.8 Å². The minimum Gasteiger partial charge on any atom is -0.493 e. The highest BCUT2D eigenvalue weighted by Crippen LogP contribution is 2.41. The Morgan fingerprint density at radius 3 is 1.89 bits per heavy atom. The summed E-state index contributed by atoms with van der Waals surface area (Å²) in [5.41, 5.74) is 1.22. The summed E-state index contributed by atoms with van der Waals surface area (Å²) in [6.45, 7) is 1.28. The van der Waals surface area contributed by atoms with Crippen LogP contribution < -0.4 is 24.0 Å². The number of carbonyl (C=O) groups is 2. The molecule has 0 radical (unpaired) electrons. The van der Waals surface area contributed by atoms with E-state index in [1.54, 1.807) is 19.2 Å². The first-order valence-electron chi connectivity index (χ1n) is 8.32. The Kier molecular flexibility index (Phi) is 6.65. The van der Waals surface area contributed by atoms with Crippen LogP contribution in [0.25, 0.3) is 0 Å². The molecular weight excluding hydrogens is 348 g/mol. The zero-order valence-corrected chi connectivity index (χ0v) is 16.2. The predicted molar refractivity (Wildman–Crippen MR) is 104 cm³/mol. The van der Waals surface area contributed by atoms with Gasteiger partial charge in [-0.1, -0.05) is 18.2 Å². The van der Waals surface area contributed by atoms with Gasteiger partial charge in [0.25, 0.3) is 0 Å². The summed E-state index contributed by atoms with van der Waals surface area (Å²) < 4.78 is 16.0. The molecule has 0 spiro atoms. The quantitative estimate of drug-likeness (QED) is 0.748. The molecule has 2 aromatic rings. The van der Waals surface area contributed by atoms with Crippen molar-refractivity contribution in [3.8, 4) is 17.2 Å². The second-order valence-electron chi connectivity index (χ2n) is 5.78. The summed E-state index contributed by atoms with van der Waals surface area (Å²) in [7, 11) is 6.16. The largest absolute Gasteiger partial charge is 0.493 e. The van der Waals surface area contributed by atoms with Gasteiger partial charge >= 0.3 is 0 Å². The van der Waals surface area contributed by atoms with Crippen molar-refractivity contribution in [3.63, 3.8) is 0 Å². The van der Waals surface area contributed by atoms with Crippen LogP contribution in [0.1, 0.15) is 6.92 Å². The summed E-state index contributed by atoms with van der Waals surface area (Å²) >= 11 is 0. The number of anilines is 2. The average molecular weight is 372 g/mol. The van der Waals surface area contributed by atoms with E-state index in [9.17, 15) is 9.59 Å². The molecule has 7 nitrogen and oxygen atoms in total. The fourth-order valence-electron chi connectivity index (χ4n) is 2.64. The van der Waals surface area contributed by atoms with E-state index in [1.807, 2.05) is 30.3 Å². The SMILES string of the molecule is COc1cc(N(CC(=O)N(C)c2ccccc2)C(C)=O)cc(OC)c1OC. The van der Waals surface area contributed by atoms with Crippen LogP contribution in [0, 0.1) is 0 Å². The van der Waals surface area contributed by atoms with Crippen molar-refractivity contribution < 1.29 is 23.8 Å². The Balaban J connectivity index is 2.35. The van der Waals surface area contributed by atoms with Crippen molar-refractivity contribution in [1.82, 2.24) is 0 Å². The number of carbonyl (C=O) groups excluding carboxylic acids is 2. The molecule has 27 heavy (non-hydrogen) atoms. The molecule has 0 N–H and O–H groups in total. The third-order valence-corrected chi connectivity index (χ3v) is 4.15. The van der Waals surface area contributed by atoms with E-state index < -0.39 is 0 Å². The number of hydrogen-bond acceptors (Lipinski definition) is 5. The smallest absolute Gasteiger partial charge is 0.246 e. The van der Waals surface area contributed by atoms with E-state index in [2.05, 4.69) is 0 Å². The summed E-state index contributed by atoms with van der Waals surface area (Å²) in [6.07, 6.45) is 0. The van der Waals surface area contributed by atoms with Gasteiger partial charge in [-0.05, 0) is 12.1 Å². The van der Waals surface area contributed by atoms with E-state index in [0.29, 0.717) is 22.9 Å². The molecule has 2 aromatic carbocycles. The maximum absolute atomic E-state index is 12.7. The lowest BCUT2D eigenvalue weighted by molar-refractivity contribution is -0.121. The first kappa shape index (κ1) is 20.1. The van der Waals surface area contributed by atoms with Crippen LogP contribution in [0.3, 0.4) is 0 Å². The molecule has 7 heteroatoms. The Morgan fingerprint density at radius 1 is 0.889 bits per heavy atom. The predicted octanol–water partition coefficient (Wildman–Crippen LogP) is 2.73. The number of rotatable bonds is 7. The molecule has 0 bridgehead atoms. The van der Waals surface area contributed by atoms with Crippen LogP contribution in [0.4, 0.5) is 11.4 Å². The fourth-order valence-corrected chi connectivity index (χ4v) is 2.64. The number of benzene rings is 2. The molecule has 0 aliphatic rings. The lowest BCUT2D eigenvalue weighted by atomic mass is 10.2. The summed E-state index contributed by atoms with van der Waals surface area (Å²) in [5.74, 6) is 0.716. The van der Waals surface area contributed by atoms with Crippen LogP contribution >= 0.6 is 0 Å². The van der Waals surface area contributed by atoms with Crippen LogP contribution in [0.15, 0.2) is 42.5 Å². The number of likely N-dealkylation sites (N-methyl/N-ethyl adjacent to an activating group) is 1. The van der Waals surface area contributed by atoms with Gasteiger partial charge in [-0.25, -0.2) is 0 Å². The molecule has 0 heterocycles. The first-order valence-corrected chi connectivity index (χ1v) is 8.32. The van der Waals surface area contributed by atoms with Crippen molar-refractivity contribution in [3.05, 3.63) is 42.5 Å². The zero-order valence-electron chi connectivity index (χ0n) is 16.2. The van der Waals surface area contributed by atoms with Gasteiger partial charge in [-0.2, -0.15) is 0 Å². The standard InChI is InChI=1S/C20H24N2O5/c1-14(23)22(13-19(24)21(2)15-9-7-6-8-10-15)16-11-17(25-3)20(27-5)18(12-16)26-4/h6-12H,13H2,1-5H3. The first-order chi connectivity index (χ1) is 12.9. The molecule has 0 saturated heterocycles. The molecule has 2 amide bonds. The van der Waals surface area contributed by atoms with Crippen molar-refractivity contribution in [2.75, 3.05) is 44.7 Å². The molecule has 0 saturated carbocycles. The Labute approximate surface area is 159 Å². The third kappa shape index (κ3) is 4.49. The lowest BCUT2D eigenvalue weighted by Gasteiger charge is -2.25. The molecule has 0 fully saturated rings. The Hall–Kier alpha value is -3.22. The third-order valence-electron chi connectivity index (χ3n) is 4.15. The van der Waals surface area contributed by atoms with Gasteiger partial charge in [0.05, 0.1) is 27.0 Å². The van der Waals surface area contributed by atoms with Gasteiger partial charge in [-0.3, -0.25) is 9.59 Å². The zero-order chi connectivity index (χ0) is 20.0. The van der Waals surface area contributed by atoms with Crippen molar-refractivity contribution in [2.45, 2.75) is 6.92 Å². The number of hydrogen-bond donors (Lipinski definition) is 0. The fraction of sp³-hybridized carbons (Fsp3) is 0.300. The lowest BCUT2D eigenvalue weighted by Crippen LogP contribution is -2.40. The van der Waals surface area contributed by atoms with Gasteiger partial charge in [0.15, 0.2) is 11.5 Å².